The van der Waals surface area contributed by atoms with Gasteiger partial charge in [-0.25, -0.2) is 9.67 Å². The Hall–Kier alpha value is -2.54. The smallest absolute Gasteiger partial charge is 0.242 e. The Bertz CT molecular complexity index is 755. The third-order valence-corrected chi connectivity index (χ3v) is 4.24. The molecule has 0 saturated carbocycles. The van der Waals surface area contributed by atoms with E-state index in [1.54, 1.807) is 17.5 Å². The van der Waals surface area contributed by atoms with Crippen molar-refractivity contribution in [3.05, 3.63) is 64.6 Å². The Labute approximate surface area is 138 Å². The second-order valence-electron chi connectivity index (χ2n) is 5.25. The minimum Gasteiger partial charge on any atom is -0.346 e. The van der Waals surface area contributed by atoms with Crippen molar-refractivity contribution in [2.45, 2.75) is 25.9 Å². The van der Waals surface area contributed by atoms with E-state index in [9.17, 15) is 4.79 Å². The van der Waals surface area contributed by atoms with E-state index in [-0.39, 0.29) is 18.5 Å². The van der Waals surface area contributed by atoms with Crippen molar-refractivity contribution in [2.24, 2.45) is 0 Å². The van der Waals surface area contributed by atoms with Crippen molar-refractivity contribution in [2.75, 3.05) is 0 Å². The third-order valence-electron chi connectivity index (χ3n) is 3.51. The summed E-state index contributed by atoms with van der Waals surface area (Å²) in [7, 11) is 0. The normalized spacial score (nSPS) is 12.0. The second-order valence-corrected chi connectivity index (χ2v) is 6.03. The van der Waals surface area contributed by atoms with Crippen LogP contribution in [0.15, 0.2) is 47.8 Å². The van der Waals surface area contributed by atoms with Gasteiger partial charge in [-0.2, -0.15) is 16.4 Å². The first-order chi connectivity index (χ1) is 11.2. The highest BCUT2D eigenvalue weighted by Crippen LogP contribution is 2.21. The number of nitrogens with zero attached hydrogens (tertiary/aromatic N) is 4. The lowest BCUT2D eigenvalue weighted by Gasteiger charge is -2.19. The molecule has 7 heteroatoms. The number of hydrogen-bond donors (Lipinski definition) is 1. The van der Waals surface area contributed by atoms with Crippen molar-refractivity contribution in [3.63, 3.8) is 0 Å². The molecule has 1 amide bonds. The van der Waals surface area contributed by atoms with E-state index in [2.05, 4.69) is 31.8 Å². The SMILES string of the molecule is Cc1cccnc1C(Cc1ccsc1)NC(=O)Cn1cncn1. The molecular weight excluding hydrogens is 310 g/mol. The minimum atomic E-state index is -0.165. The number of nitrogens with one attached hydrogen (secondary N) is 1. The van der Waals surface area contributed by atoms with Gasteiger partial charge in [-0.15, -0.1) is 0 Å². The van der Waals surface area contributed by atoms with Gasteiger partial charge in [0.05, 0.1) is 11.7 Å². The molecule has 1 atom stereocenters. The highest BCUT2D eigenvalue weighted by Gasteiger charge is 2.19. The van der Waals surface area contributed by atoms with Crippen LogP contribution in [0.5, 0.6) is 0 Å². The molecule has 3 rings (SSSR count). The van der Waals surface area contributed by atoms with Crippen molar-refractivity contribution >= 4 is 17.2 Å². The van der Waals surface area contributed by atoms with E-state index < -0.39 is 0 Å². The molecule has 0 aromatic carbocycles. The van der Waals surface area contributed by atoms with Gasteiger partial charge < -0.3 is 5.32 Å². The quantitative estimate of drug-likeness (QED) is 0.753. The standard InChI is InChI=1S/C16H17N5OS/c1-12-3-2-5-18-16(12)14(7-13-4-6-23-9-13)20-15(22)8-21-11-17-10-19-21/h2-6,9-11,14H,7-8H2,1H3,(H,20,22). The first-order valence-electron chi connectivity index (χ1n) is 7.27. The van der Waals surface area contributed by atoms with Gasteiger partial charge in [0.15, 0.2) is 0 Å². The van der Waals surface area contributed by atoms with Crippen LogP contribution < -0.4 is 5.32 Å². The maximum Gasteiger partial charge on any atom is 0.242 e. The summed E-state index contributed by atoms with van der Waals surface area (Å²) < 4.78 is 1.50. The van der Waals surface area contributed by atoms with Crippen LogP contribution in [-0.2, 0) is 17.8 Å². The molecule has 0 spiro atoms. The zero-order valence-electron chi connectivity index (χ0n) is 12.7. The van der Waals surface area contributed by atoms with Gasteiger partial charge in [-0.3, -0.25) is 9.78 Å². The topological polar surface area (TPSA) is 72.7 Å². The van der Waals surface area contributed by atoms with Crippen LogP contribution in [0.25, 0.3) is 0 Å². The van der Waals surface area contributed by atoms with Gasteiger partial charge in [0.1, 0.15) is 19.2 Å². The molecule has 0 aliphatic carbocycles. The van der Waals surface area contributed by atoms with Crippen molar-refractivity contribution < 1.29 is 4.79 Å². The van der Waals surface area contributed by atoms with Crippen LogP contribution >= 0.6 is 11.3 Å². The molecule has 0 aliphatic heterocycles. The summed E-state index contributed by atoms with van der Waals surface area (Å²) >= 11 is 1.65. The summed E-state index contributed by atoms with van der Waals surface area (Å²) in [6.45, 7) is 2.15. The fourth-order valence-electron chi connectivity index (χ4n) is 2.42. The Balaban J connectivity index is 1.77. The molecule has 1 unspecified atom stereocenters. The molecule has 0 radical (unpaired) electrons. The third kappa shape index (κ3) is 4.01. The number of carbonyl (C=O) groups excluding carboxylic acids is 1. The van der Waals surface area contributed by atoms with Crippen LogP contribution in [0.2, 0.25) is 0 Å². The van der Waals surface area contributed by atoms with E-state index in [4.69, 9.17) is 0 Å². The number of amides is 1. The van der Waals surface area contributed by atoms with Crippen molar-refractivity contribution in [1.82, 2.24) is 25.1 Å². The summed E-state index contributed by atoms with van der Waals surface area (Å²) in [5.41, 5.74) is 3.14. The van der Waals surface area contributed by atoms with Crippen molar-refractivity contribution in [1.29, 1.82) is 0 Å². The number of pyridine rings is 1. The van der Waals surface area contributed by atoms with E-state index >= 15 is 0 Å². The highest BCUT2D eigenvalue weighted by molar-refractivity contribution is 7.07. The van der Waals surface area contributed by atoms with Gasteiger partial charge in [-0.05, 0) is 47.4 Å². The zero-order valence-corrected chi connectivity index (χ0v) is 13.5. The van der Waals surface area contributed by atoms with Crippen LogP contribution in [0.1, 0.15) is 22.9 Å². The van der Waals surface area contributed by atoms with Gasteiger partial charge in [-0.1, -0.05) is 6.07 Å². The summed E-state index contributed by atoms with van der Waals surface area (Å²) in [4.78, 5) is 20.6. The average Bonchev–Trinajstić information content (AvgIpc) is 3.21. The monoisotopic (exact) mass is 327 g/mol. The first kappa shape index (κ1) is 15.4. The molecule has 3 aromatic rings. The predicted molar refractivity (Wildman–Crippen MR) is 87.9 cm³/mol. The van der Waals surface area contributed by atoms with Crippen molar-refractivity contribution in [3.8, 4) is 0 Å². The Morgan fingerprint density at radius 2 is 2.35 bits per heavy atom. The molecule has 0 fully saturated rings. The minimum absolute atomic E-state index is 0.110. The van der Waals surface area contributed by atoms with E-state index in [1.807, 2.05) is 24.4 Å². The molecule has 23 heavy (non-hydrogen) atoms. The molecular formula is C16H17N5OS. The number of aromatic nitrogens is 4. The van der Waals surface area contributed by atoms with E-state index in [0.29, 0.717) is 6.42 Å². The lowest BCUT2D eigenvalue weighted by molar-refractivity contribution is -0.122. The molecule has 0 aliphatic rings. The van der Waals surface area contributed by atoms with E-state index in [0.717, 1.165) is 11.3 Å². The summed E-state index contributed by atoms with van der Waals surface area (Å²) in [6, 6.07) is 5.81. The number of carbonyl (C=O) groups is 1. The van der Waals surface area contributed by atoms with Crippen LogP contribution in [0, 0.1) is 6.92 Å². The fraction of sp³-hybridized carbons (Fsp3) is 0.250. The molecule has 3 aromatic heterocycles. The molecule has 3 heterocycles. The van der Waals surface area contributed by atoms with Gasteiger partial charge in [0.2, 0.25) is 5.91 Å². The molecule has 1 N–H and O–H groups in total. The fourth-order valence-corrected chi connectivity index (χ4v) is 3.11. The van der Waals surface area contributed by atoms with Gasteiger partial charge in [0, 0.05) is 6.20 Å². The lowest BCUT2D eigenvalue weighted by atomic mass is 10.0. The number of aryl methyl sites for hydroxylation is 1. The average molecular weight is 327 g/mol. The summed E-state index contributed by atoms with van der Waals surface area (Å²) in [6.07, 6.45) is 5.41. The van der Waals surface area contributed by atoms with Gasteiger partial charge in [0.25, 0.3) is 0 Å². The van der Waals surface area contributed by atoms with E-state index in [1.165, 1.54) is 22.9 Å². The number of thiophene rings is 1. The lowest BCUT2D eigenvalue weighted by Crippen LogP contribution is -2.33. The maximum atomic E-state index is 12.3. The number of hydrogen-bond acceptors (Lipinski definition) is 5. The molecule has 0 bridgehead atoms. The highest BCUT2D eigenvalue weighted by atomic mass is 32.1. The predicted octanol–water partition coefficient (Wildman–Crippen LogP) is 2.14. The Morgan fingerprint density at radius 3 is 3.04 bits per heavy atom. The molecule has 118 valence electrons. The maximum absolute atomic E-state index is 12.3. The van der Waals surface area contributed by atoms with Gasteiger partial charge >= 0.3 is 0 Å². The van der Waals surface area contributed by atoms with Crippen LogP contribution in [0.4, 0.5) is 0 Å². The van der Waals surface area contributed by atoms with Crippen LogP contribution in [0.3, 0.4) is 0 Å². The van der Waals surface area contributed by atoms with Crippen LogP contribution in [-0.4, -0.2) is 25.7 Å². The first-order valence-corrected chi connectivity index (χ1v) is 8.21. The Kier molecular flexibility index (Phi) is 4.77. The summed E-state index contributed by atoms with van der Waals surface area (Å²) in [5.74, 6) is -0.110. The summed E-state index contributed by atoms with van der Waals surface area (Å²) in [5, 5.41) is 11.2. The molecule has 6 nitrogen and oxygen atoms in total. The second kappa shape index (κ2) is 7.15. The largest absolute Gasteiger partial charge is 0.346 e. The zero-order chi connectivity index (χ0) is 16.1. The Morgan fingerprint density at radius 1 is 1.43 bits per heavy atom. The molecule has 0 saturated heterocycles. The number of rotatable bonds is 6.